The standard InChI is InChI=1S/C16H30N2O2/c1-12(2)13-9-15(17-14-5-3-4-6-14)11-18(10-13)8-7-16(19)20/h12-15,17H,3-11H2,1-2H3,(H,19,20). The van der Waals surface area contributed by atoms with Crippen LogP contribution in [0.3, 0.4) is 0 Å². The van der Waals surface area contributed by atoms with Crippen molar-refractivity contribution in [3.63, 3.8) is 0 Å². The van der Waals surface area contributed by atoms with E-state index < -0.39 is 5.97 Å². The Labute approximate surface area is 122 Å². The van der Waals surface area contributed by atoms with E-state index in [2.05, 4.69) is 24.1 Å². The minimum Gasteiger partial charge on any atom is -0.481 e. The summed E-state index contributed by atoms with van der Waals surface area (Å²) in [5.41, 5.74) is 0. The largest absolute Gasteiger partial charge is 0.481 e. The van der Waals surface area contributed by atoms with Gasteiger partial charge in [0.15, 0.2) is 0 Å². The van der Waals surface area contributed by atoms with Crippen LogP contribution in [0.25, 0.3) is 0 Å². The van der Waals surface area contributed by atoms with Gasteiger partial charge in [0.25, 0.3) is 0 Å². The maximum absolute atomic E-state index is 10.8. The minimum absolute atomic E-state index is 0.265. The fraction of sp³-hybridized carbons (Fsp3) is 0.938. The number of likely N-dealkylation sites (tertiary alicyclic amines) is 1. The van der Waals surface area contributed by atoms with Crippen molar-refractivity contribution in [2.75, 3.05) is 19.6 Å². The van der Waals surface area contributed by atoms with Gasteiger partial charge in [-0.2, -0.15) is 0 Å². The molecule has 2 unspecified atom stereocenters. The van der Waals surface area contributed by atoms with Crippen molar-refractivity contribution >= 4 is 5.97 Å². The van der Waals surface area contributed by atoms with E-state index in [1.54, 1.807) is 0 Å². The first-order chi connectivity index (χ1) is 9.54. The molecule has 0 spiro atoms. The van der Waals surface area contributed by atoms with Gasteiger partial charge < -0.3 is 15.3 Å². The Morgan fingerprint density at radius 3 is 2.55 bits per heavy atom. The molecule has 2 rings (SSSR count). The van der Waals surface area contributed by atoms with Crippen molar-refractivity contribution in [3.8, 4) is 0 Å². The summed E-state index contributed by atoms with van der Waals surface area (Å²) in [6.45, 7) is 7.36. The summed E-state index contributed by atoms with van der Waals surface area (Å²) in [6.07, 6.45) is 6.87. The van der Waals surface area contributed by atoms with Crippen LogP contribution < -0.4 is 5.32 Å². The van der Waals surface area contributed by atoms with E-state index in [4.69, 9.17) is 5.11 Å². The molecule has 1 aliphatic heterocycles. The number of piperidine rings is 1. The first kappa shape index (κ1) is 15.8. The van der Waals surface area contributed by atoms with Crippen LogP contribution in [-0.2, 0) is 4.79 Å². The van der Waals surface area contributed by atoms with E-state index in [0.717, 1.165) is 13.1 Å². The van der Waals surface area contributed by atoms with Crippen LogP contribution in [0.4, 0.5) is 0 Å². The highest BCUT2D eigenvalue weighted by Gasteiger charge is 2.30. The Bertz CT molecular complexity index is 312. The van der Waals surface area contributed by atoms with E-state index in [1.165, 1.54) is 32.1 Å². The molecule has 0 amide bonds. The Hall–Kier alpha value is -0.610. The molecule has 2 fully saturated rings. The average Bonchev–Trinajstić information content (AvgIpc) is 2.89. The van der Waals surface area contributed by atoms with E-state index in [-0.39, 0.29) is 6.42 Å². The van der Waals surface area contributed by atoms with Crippen LogP contribution in [0.2, 0.25) is 0 Å². The Balaban J connectivity index is 1.87. The summed E-state index contributed by atoms with van der Waals surface area (Å²) in [5, 5.41) is 12.7. The summed E-state index contributed by atoms with van der Waals surface area (Å²) < 4.78 is 0. The zero-order chi connectivity index (χ0) is 14.5. The van der Waals surface area contributed by atoms with Gasteiger partial charge in [-0.3, -0.25) is 4.79 Å². The lowest BCUT2D eigenvalue weighted by atomic mass is 9.85. The first-order valence-electron chi connectivity index (χ1n) is 8.24. The molecular weight excluding hydrogens is 252 g/mol. The fourth-order valence-corrected chi connectivity index (χ4v) is 3.70. The zero-order valence-corrected chi connectivity index (χ0v) is 13.0. The SMILES string of the molecule is CC(C)C1CC(NC2CCCC2)CN(CCC(=O)O)C1. The third kappa shape index (κ3) is 4.74. The number of carbonyl (C=O) groups is 1. The topological polar surface area (TPSA) is 52.6 Å². The number of aliphatic carboxylic acids is 1. The van der Waals surface area contributed by atoms with Crippen molar-refractivity contribution < 1.29 is 9.90 Å². The van der Waals surface area contributed by atoms with Gasteiger partial charge >= 0.3 is 5.97 Å². The third-order valence-corrected chi connectivity index (χ3v) is 4.97. The van der Waals surface area contributed by atoms with E-state index in [1.807, 2.05) is 0 Å². The van der Waals surface area contributed by atoms with Gasteiger partial charge in [-0.15, -0.1) is 0 Å². The lowest BCUT2D eigenvalue weighted by Gasteiger charge is -2.40. The highest BCUT2D eigenvalue weighted by Crippen LogP contribution is 2.26. The number of hydrogen-bond donors (Lipinski definition) is 2. The molecule has 0 radical (unpaired) electrons. The lowest BCUT2D eigenvalue weighted by molar-refractivity contribution is -0.137. The van der Waals surface area contributed by atoms with Crippen molar-refractivity contribution in [2.24, 2.45) is 11.8 Å². The molecule has 116 valence electrons. The second-order valence-electron chi connectivity index (χ2n) is 6.99. The Morgan fingerprint density at radius 1 is 1.25 bits per heavy atom. The molecule has 0 aromatic carbocycles. The molecule has 4 heteroatoms. The number of nitrogens with zero attached hydrogens (tertiary/aromatic N) is 1. The van der Waals surface area contributed by atoms with Crippen molar-refractivity contribution in [2.45, 2.75) is 64.5 Å². The van der Waals surface area contributed by atoms with Crippen LogP contribution in [0, 0.1) is 11.8 Å². The number of carboxylic acid groups (broad SMARTS) is 1. The van der Waals surface area contributed by atoms with Crippen LogP contribution in [0.15, 0.2) is 0 Å². The molecule has 0 aromatic rings. The lowest BCUT2D eigenvalue weighted by Crippen LogP contribution is -2.52. The summed E-state index contributed by atoms with van der Waals surface area (Å²) in [4.78, 5) is 13.1. The summed E-state index contributed by atoms with van der Waals surface area (Å²) in [5.74, 6) is 0.684. The maximum atomic E-state index is 10.8. The Morgan fingerprint density at radius 2 is 1.95 bits per heavy atom. The van der Waals surface area contributed by atoms with E-state index in [0.29, 0.717) is 30.5 Å². The van der Waals surface area contributed by atoms with Gasteiger partial charge in [-0.1, -0.05) is 26.7 Å². The second-order valence-corrected chi connectivity index (χ2v) is 6.99. The minimum atomic E-state index is -0.683. The molecule has 0 aromatic heterocycles. The molecular formula is C16H30N2O2. The second kappa shape index (κ2) is 7.41. The molecule has 20 heavy (non-hydrogen) atoms. The molecule has 4 nitrogen and oxygen atoms in total. The van der Waals surface area contributed by atoms with Gasteiger partial charge in [0.05, 0.1) is 6.42 Å². The normalized spacial score (nSPS) is 29.1. The number of nitrogens with one attached hydrogen (secondary N) is 1. The first-order valence-corrected chi connectivity index (χ1v) is 8.24. The molecule has 2 atom stereocenters. The maximum Gasteiger partial charge on any atom is 0.304 e. The predicted octanol–water partition coefficient (Wildman–Crippen LogP) is 2.34. The molecule has 0 bridgehead atoms. The van der Waals surface area contributed by atoms with Gasteiger partial charge in [0, 0.05) is 31.7 Å². The monoisotopic (exact) mass is 282 g/mol. The van der Waals surface area contributed by atoms with Gasteiger partial charge in [-0.05, 0) is 31.1 Å². The van der Waals surface area contributed by atoms with Crippen molar-refractivity contribution in [1.82, 2.24) is 10.2 Å². The highest BCUT2D eigenvalue weighted by molar-refractivity contribution is 5.66. The summed E-state index contributed by atoms with van der Waals surface area (Å²) in [6, 6.07) is 1.25. The molecule has 1 saturated carbocycles. The van der Waals surface area contributed by atoms with Gasteiger partial charge in [0.2, 0.25) is 0 Å². The highest BCUT2D eigenvalue weighted by atomic mass is 16.4. The number of hydrogen-bond acceptors (Lipinski definition) is 3. The molecule has 1 heterocycles. The quantitative estimate of drug-likeness (QED) is 0.785. The van der Waals surface area contributed by atoms with Crippen LogP contribution >= 0.6 is 0 Å². The van der Waals surface area contributed by atoms with Gasteiger partial charge in [0.1, 0.15) is 0 Å². The van der Waals surface area contributed by atoms with Crippen LogP contribution in [0.5, 0.6) is 0 Å². The van der Waals surface area contributed by atoms with Crippen molar-refractivity contribution in [1.29, 1.82) is 0 Å². The molecule has 2 N–H and O–H groups in total. The zero-order valence-electron chi connectivity index (χ0n) is 13.0. The fourth-order valence-electron chi connectivity index (χ4n) is 3.70. The Kier molecular flexibility index (Phi) is 5.85. The van der Waals surface area contributed by atoms with E-state index >= 15 is 0 Å². The smallest absolute Gasteiger partial charge is 0.304 e. The van der Waals surface area contributed by atoms with E-state index in [9.17, 15) is 4.79 Å². The molecule has 2 aliphatic rings. The average molecular weight is 282 g/mol. The van der Waals surface area contributed by atoms with Crippen molar-refractivity contribution in [3.05, 3.63) is 0 Å². The number of carboxylic acids is 1. The summed E-state index contributed by atoms with van der Waals surface area (Å²) >= 11 is 0. The molecule has 1 saturated heterocycles. The third-order valence-electron chi connectivity index (χ3n) is 4.97. The molecule has 1 aliphatic carbocycles. The van der Waals surface area contributed by atoms with Crippen LogP contribution in [-0.4, -0.2) is 47.7 Å². The summed E-state index contributed by atoms with van der Waals surface area (Å²) in [7, 11) is 0. The predicted molar refractivity (Wildman–Crippen MR) is 80.8 cm³/mol. The van der Waals surface area contributed by atoms with Crippen LogP contribution in [0.1, 0.15) is 52.4 Å². The number of rotatable bonds is 6. The van der Waals surface area contributed by atoms with Gasteiger partial charge in [-0.25, -0.2) is 0 Å².